The van der Waals surface area contributed by atoms with Crippen LogP contribution in [0.3, 0.4) is 0 Å². The third-order valence-electron chi connectivity index (χ3n) is 5.37. The zero-order valence-corrected chi connectivity index (χ0v) is 22.8. The molecular weight excluding hydrogens is 527 g/mol. The molecule has 2 atom stereocenters. The summed E-state index contributed by atoms with van der Waals surface area (Å²) in [6.45, 7) is 7.25. The van der Waals surface area contributed by atoms with E-state index in [4.69, 9.17) is 9.47 Å². The fourth-order valence-corrected chi connectivity index (χ4v) is 3.62. The molecule has 3 N–H and O–H groups in total. The molecular formula is C29H36F3N3O5. The van der Waals surface area contributed by atoms with Gasteiger partial charge in [-0.1, -0.05) is 55.1 Å². The lowest BCUT2D eigenvalue weighted by Gasteiger charge is -2.25. The highest BCUT2D eigenvalue weighted by Gasteiger charge is 2.32. The Hall–Kier alpha value is -4.02. The second kappa shape index (κ2) is 14.9. The van der Waals surface area contributed by atoms with E-state index in [0.717, 1.165) is 5.56 Å². The Morgan fingerprint density at radius 3 is 2.23 bits per heavy atom. The molecule has 0 heterocycles. The van der Waals surface area contributed by atoms with Crippen molar-refractivity contribution < 1.29 is 37.0 Å². The lowest BCUT2D eigenvalue weighted by atomic mass is 10.0. The first-order valence-electron chi connectivity index (χ1n) is 12.8. The molecule has 2 rings (SSSR count). The van der Waals surface area contributed by atoms with Gasteiger partial charge in [0.05, 0.1) is 0 Å². The number of alkyl carbamates (subject to hydrolysis) is 1. The Bertz CT molecular complexity index is 1130. The van der Waals surface area contributed by atoms with Crippen LogP contribution in [0.15, 0.2) is 67.3 Å². The maximum Gasteiger partial charge on any atom is 0.408 e. The molecule has 2 aromatic rings. The van der Waals surface area contributed by atoms with Gasteiger partial charge in [-0.2, -0.15) is 13.2 Å². The van der Waals surface area contributed by atoms with Gasteiger partial charge in [0.15, 0.2) is 0 Å². The number of hydrogen-bond acceptors (Lipinski definition) is 5. The van der Waals surface area contributed by atoms with Gasteiger partial charge in [0.2, 0.25) is 11.8 Å². The van der Waals surface area contributed by atoms with Gasteiger partial charge < -0.3 is 25.4 Å². The van der Waals surface area contributed by atoms with Crippen LogP contribution in [0.2, 0.25) is 0 Å². The van der Waals surface area contributed by atoms with Gasteiger partial charge >= 0.3 is 12.3 Å². The Morgan fingerprint density at radius 2 is 1.60 bits per heavy atom. The summed E-state index contributed by atoms with van der Waals surface area (Å²) in [6, 6.07) is 13.3. The first-order valence-corrected chi connectivity index (χ1v) is 12.8. The first kappa shape index (κ1) is 32.2. The molecule has 8 nitrogen and oxygen atoms in total. The Balaban J connectivity index is 2.26. The lowest BCUT2D eigenvalue weighted by Crippen LogP contribution is -2.55. The van der Waals surface area contributed by atoms with E-state index in [1.165, 1.54) is 0 Å². The van der Waals surface area contributed by atoms with Crippen LogP contribution in [0.4, 0.5) is 18.0 Å². The molecule has 0 saturated carbocycles. The van der Waals surface area contributed by atoms with Crippen LogP contribution in [0.5, 0.6) is 5.75 Å². The van der Waals surface area contributed by atoms with Gasteiger partial charge in [0.25, 0.3) is 0 Å². The largest absolute Gasteiger partial charge is 0.490 e. The summed E-state index contributed by atoms with van der Waals surface area (Å²) in [4.78, 5) is 38.7. The molecule has 0 radical (unpaired) electrons. The summed E-state index contributed by atoms with van der Waals surface area (Å²) in [5, 5.41) is 6.88. The number of aryl methyl sites for hydroxylation is 1. The number of carbonyl (C=O) groups is 3. The second-order valence-corrected chi connectivity index (χ2v) is 10.1. The van der Waals surface area contributed by atoms with Crippen molar-refractivity contribution in [3.05, 3.63) is 78.4 Å². The molecule has 0 unspecified atom stereocenters. The van der Waals surface area contributed by atoms with Gasteiger partial charge in [0, 0.05) is 6.42 Å². The fraction of sp³-hybridized carbons (Fsp3) is 0.414. The molecule has 218 valence electrons. The van der Waals surface area contributed by atoms with Gasteiger partial charge in [-0.3, -0.25) is 9.59 Å². The van der Waals surface area contributed by atoms with Crippen molar-refractivity contribution in [2.24, 2.45) is 0 Å². The first-order chi connectivity index (χ1) is 18.8. The number of benzene rings is 2. The van der Waals surface area contributed by atoms with E-state index in [9.17, 15) is 27.6 Å². The van der Waals surface area contributed by atoms with Crippen LogP contribution in [0.25, 0.3) is 0 Å². The minimum Gasteiger partial charge on any atom is -0.490 e. The van der Waals surface area contributed by atoms with Gasteiger partial charge in [-0.25, -0.2) is 4.79 Å². The van der Waals surface area contributed by atoms with Crippen molar-refractivity contribution in [3.8, 4) is 5.75 Å². The molecule has 0 aliphatic rings. The molecule has 40 heavy (non-hydrogen) atoms. The summed E-state index contributed by atoms with van der Waals surface area (Å²) in [6.07, 6.45) is -3.50. The molecule has 11 heteroatoms. The monoisotopic (exact) mass is 563 g/mol. The summed E-state index contributed by atoms with van der Waals surface area (Å²) in [5.41, 5.74) is 0.612. The minimum atomic E-state index is -4.64. The molecule has 0 saturated heterocycles. The van der Waals surface area contributed by atoms with E-state index in [1.54, 1.807) is 51.1 Å². The molecule has 0 spiro atoms. The lowest BCUT2D eigenvalue weighted by molar-refractivity contribution is -0.140. The van der Waals surface area contributed by atoms with Crippen LogP contribution in [0, 0.1) is 0 Å². The van der Waals surface area contributed by atoms with Crippen molar-refractivity contribution in [1.29, 1.82) is 0 Å². The van der Waals surface area contributed by atoms with Crippen LogP contribution < -0.4 is 20.7 Å². The van der Waals surface area contributed by atoms with E-state index >= 15 is 0 Å². The van der Waals surface area contributed by atoms with Crippen LogP contribution in [-0.4, -0.2) is 54.9 Å². The van der Waals surface area contributed by atoms with Crippen molar-refractivity contribution in [2.45, 2.75) is 63.9 Å². The van der Waals surface area contributed by atoms with Crippen molar-refractivity contribution in [1.82, 2.24) is 16.0 Å². The van der Waals surface area contributed by atoms with Crippen molar-refractivity contribution in [2.75, 3.05) is 13.2 Å². The standard InChI is InChI=1S/C29H36F3N3O5/c1-5-16-39-22-13-9-12-21(17-22)18-24(25(36)33-19-29(30,31)32)34-26(37)23(35-27(38)40-28(2,3)4)15-14-20-10-7-6-8-11-20/h5-13,17,23-24H,1,14-16,18-19H2,2-4H3,(H,33,36)(H,34,37)(H,35,38)/t23-,24-/m0/s1. The number of alkyl halides is 3. The van der Waals surface area contributed by atoms with Crippen molar-refractivity contribution >= 4 is 17.9 Å². The summed E-state index contributed by atoms with van der Waals surface area (Å²) in [5.74, 6) is -1.30. The molecule has 0 aliphatic heterocycles. The predicted octanol–water partition coefficient (Wildman–Crippen LogP) is 4.48. The minimum absolute atomic E-state index is 0.126. The molecule has 0 aromatic heterocycles. The number of amides is 3. The number of ether oxygens (including phenoxy) is 2. The van der Waals surface area contributed by atoms with Crippen LogP contribution in [-0.2, 0) is 27.2 Å². The molecule has 0 fully saturated rings. The van der Waals surface area contributed by atoms with E-state index < -0.39 is 48.3 Å². The van der Waals surface area contributed by atoms with Gasteiger partial charge in [0.1, 0.15) is 36.6 Å². The second-order valence-electron chi connectivity index (χ2n) is 10.1. The van der Waals surface area contributed by atoms with Gasteiger partial charge in [-0.15, -0.1) is 0 Å². The summed E-state index contributed by atoms with van der Waals surface area (Å²) < 4.78 is 49.2. The van der Waals surface area contributed by atoms with Crippen molar-refractivity contribution in [3.63, 3.8) is 0 Å². The molecule has 0 aliphatic carbocycles. The average Bonchev–Trinajstić information content (AvgIpc) is 2.87. The highest BCUT2D eigenvalue weighted by atomic mass is 19.4. The van der Waals surface area contributed by atoms with Crippen LogP contribution >= 0.6 is 0 Å². The van der Waals surface area contributed by atoms with Gasteiger partial charge in [-0.05, 0) is 56.9 Å². The zero-order chi connectivity index (χ0) is 29.8. The number of nitrogens with one attached hydrogen (secondary N) is 3. The Labute approximate surface area is 232 Å². The fourth-order valence-electron chi connectivity index (χ4n) is 3.62. The highest BCUT2D eigenvalue weighted by molar-refractivity contribution is 5.91. The number of hydrogen-bond donors (Lipinski definition) is 3. The van der Waals surface area contributed by atoms with Crippen LogP contribution in [0.1, 0.15) is 38.3 Å². The number of halogens is 3. The van der Waals surface area contributed by atoms with E-state index in [2.05, 4.69) is 17.2 Å². The maximum absolute atomic E-state index is 13.4. The normalized spacial score (nSPS) is 12.9. The quantitative estimate of drug-likeness (QED) is 0.312. The maximum atomic E-state index is 13.4. The number of rotatable bonds is 13. The van der Waals surface area contributed by atoms with E-state index in [-0.39, 0.29) is 19.4 Å². The van der Waals surface area contributed by atoms with E-state index in [0.29, 0.717) is 17.7 Å². The average molecular weight is 564 g/mol. The molecule has 2 aromatic carbocycles. The molecule has 3 amide bonds. The third kappa shape index (κ3) is 12.7. The summed E-state index contributed by atoms with van der Waals surface area (Å²) >= 11 is 0. The number of carbonyl (C=O) groups excluding carboxylic acids is 3. The zero-order valence-electron chi connectivity index (χ0n) is 22.8. The SMILES string of the molecule is C=CCOc1cccc(C[C@H](NC(=O)[C@H](CCc2ccccc2)NC(=O)OC(C)(C)C)C(=O)NCC(F)(F)F)c1. The molecule has 0 bridgehead atoms. The highest BCUT2D eigenvalue weighted by Crippen LogP contribution is 2.17. The Kier molecular flexibility index (Phi) is 12.0. The predicted molar refractivity (Wildman–Crippen MR) is 145 cm³/mol. The van der Waals surface area contributed by atoms with E-state index in [1.807, 2.05) is 35.6 Å². The summed E-state index contributed by atoms with van der Waals surface area (Å²) in [7, 11) is 0. The topological polar surface area (TPSA) is 106 Å². The smallest absolute Gasteiger partial charge is 0.408 e. The third-order valence-corrected chi connectivity index (χ3v) is 5.37. The Morgan fingerprint density at radius 1 is 0.925 bits per heavy atom.